The second kappa shape index (κ2) is 8.91. The van der Waals surface area contributed by atoms with Gasteiger partial charge in [-0.3, -0.25) is 14.7 Å². The Balaban J connectivity index is 1.62. The van der Waals surface area contributed by atoms with Gasteiger partial charge in [0.25, 0.3) is 0 Å². The van der Waals surface area contributed by atoms with Gasteiger partial charge in [0.2, 0.25) is 5.75 Å². The van der Waals surface area contributed by atoms with Crippen molar-refractivity contribution in [3.05, 3.63) is 110 Å². The topological polar surface area (TPSA) is 116 Å². The molecule has 0 aliphatic rings. The van der Waals surface area contributed by atoms with Crippen LogP contribution in [-0.4, -0.2) is 19.3 Å². The molecule has 9 nitrogen and oxygen atoms in total. The van der Waals surface area contributed by atoms with Crippen molar-refractivity contribution >= 4 is 5.69 Å². The summed E-state index contributed by atoms with van der Waals surface area (Å²) in [6.07, 6.45) is 1.05. The Hall–Kier alpha value is -4.92. The minimum Gasteiger partial charge on any atom is -0.447 e. The lowest BCUT2D eigenvalue weighted by atomic mass is 10.2. The quantitative estimate of drug-likeness (QED) is 0.312. The van der Waals surface area contributed by atoms with E-state index in [9.17, 15) is 28.1 Å². The summed E-state index contributed by atoms with van der Waals surface area (Å²) in [6, 6.07) is 11.8. The highest BCUT2D eigenvalue weighted by atomic mass is 19.1. The van der Waals surface area contributed by atoms with Crippen LogP contribution in [0.1, 0.15) is 11.1 Å². The Morgan fingerprint density at radius 3 is 2.38 bits per heavy atom. The average molecular weight is 467 g/mol. The molecule has 0 bridgehead atoms. The van der Waals surface area contributed by atoms with Gasteiger partial charge in [-0.2, -0.15) is 15.0 Å². The van der Waals surface area contributed by atoms with Gasteiger partial charge in [-0.1, -0.05) is 6.07 Å². The van der Waals surface area contributed by atoms with E-state index in [1.54, 1.807) is 6.07 Å². The fourth-order valence-corrected chi connectivity index (χ4v) is 3.11. The summed E-state index contributed by atoms with van der Waals surface area (Å²) in [5.74, 6) is -3.28. The Morgan fingerprint density at radius 2 is 1.74 bits per heavy atom. The van der Waals surface area contributed by atoms with Crippen LogP contribution in [0.25, 0.3) is 5.69 Å². The maximum absolute atomic E-state index is 14.7. The fourth-order valence-electron chi connectivity index (χ4n) is 3.11. The summed E-state index contributed by atoms with van der Waals surface area (Å²) in [4.78, 5) is 23.1. The third-order valence-electron chi connectivity index (χ3n) is 4.79. The first-order valence-corrected chi connectivity index (χ1v) is 9.52. The zero-order valence-electron chi connectivity index (χ0n) is 17.0. The molecular formula is C22H12F3N5O4. The molecule has 0 atom stereocenters. The van der Waals surface area contributed by atoms with Crippen molar-refractivity contribution in [2.75, 3.05) is 0 Å². The zero-order valence-corrected chi connectivity index (χ0v) is 17.0. The van der Waals surface area contributed by atoms with E-state index in [0.29, 0.717) is 0 Å². The molecule has 0 N–H and O–H groups in total. The van der Waals surface area contributed by atoms with Gasteiger partial charge in [0.05, 0.1) is 28.8 Å². The van der Waals surface area contributed by atoms with E-state index in [0.717, 1.165) is 52.0 Å². The molecule has 0 saturated heterocycles. The molecule has 4 aromatic rings. The summed E-state index contributed by atoms with van der Waals surface area (Å²) in [7, 11) is 0. The van der Waals surface area contributed by atoms with Crippen molar-refractivity contribution in [1.82, 2.24) is 14.3 Å². The molecule has 0 saturated carbocycles. The summed E-state index contributed by atoms with van der Waals surface area (Å²) in [6.45, 7) is -0.427. The van der Waals surface area contributed by atoms with Crippen molar-refractivity contribution in [3.8, 4) is 23.3 Å². The minimum absolute atomic E-state index is 0.0167. The predicted octanol–water partition coefficient (Wildman–Crippen LogP) is 4.07. The number of halogens is 3. The molecule has 0 aliphatic carbocycles. The number of nitrogens with zero attached hydrogens (tertiary/aromatic N) is 5. The fraction of sp³-hybridized carbons (Fsp3) is 0.0455. The maximum atomic E-state index is 14.7. The molecule has 0 radical (unpaired) electrons. The predicted molar refractivity (Wildman–Crippen MR) is 111 cm³/mol. The lowest BCUT2D eigenvalue weighted by Gasteiger charge is -2.09. The summed E-state index contributed by atoms with van der Waals surface area (Å²) < 4.78 is 49.5. The number of aromatic nitrogens is 3. The molecule has 0 unspecified atom stereocenters. The monoisotopic (exact) mass is 467 g/mol. The first-order valence-electron chi connectivity index (χ1n) is 9.52. The molecule has 1 heterocycles. The van der Waals surface area contributed by atoms with Crippen LogP contribution in [0, 0.1) is 38.9 Å². The Labute approximate surface area is 188 Å². The highest BCUT2D eigenvalue weighted by Crippen LogP contribution is 2.33. The first kappa shape index (κ1) is 22.3. The second-order valence-electron chi connectivity index (χ2n) is 6.92. The molecule has 0 fully saturated rings. The number of hydrogen-bond acceptors (Lipinski definition) is 6. The summed E-state index contributed by atoms with van der Waals surface area (Å²) in [5.41, 5.74) is -1.63. The molecule has 3 aromatic carbocycles. The number of hydrogen-bond donors (Lipinski definition) is 0. The zero-order chi connectivity index (χ0) is 24.4. The minimum atomic E-state index is -0.960. The number of nitro groups is 1. The lowest BCUT2D eigenvalue weighted by molar-refractivity contribution is -0.385. The number of nitro benzene ring substituents is 1. The number of benzene rings is 3. The van der Waals surface area contributed by atoms with E-state index in [-0.39, 0.29) is 28.3 Å². The molecule has 0 spiro atoms. The average Bonchev–Trinajstić information content (AvgIpc) is 3.17. The van der Waals surface area contributed by atoms with Gasteiger partial charge >= 0.3 is 11.4 Å². The molecule has 12 heteroatoms. The molecule has 0 aliphatic heterocycles. The van der Waals surface area contributed by atoms with E-state index >= 15 is 0 Å². The van der Waals surface area contributed by atoms with Gasteiger partial charge in [0.1, 0.15) is 18.0 Å². The van der Waals surface area contributed by atoms with Gasteiger partial charge in [0, 0.05) is 17.7 Å². The highest BCUT2D eigenvalue weighted by Gasteiger charge is 2.19. The van der Waals surface area contributed by atoms with E-state index in [1.165, 1.54) is 18.2 Å². The third kappa shape index (κ3) is 4.22. The highest BCUT2D eigenvalue weighted by molar-refractivity contribution is 5.53. The van der Waals surface area contributed by atoms with Crippen LogP contribution in [0.4, 0.5) is 18.9 Å². The van der Waals surface area contributed by atoms with Crippen molar-refractivity contribution in [3.63, 3.8) is 0 Å². The molecule has 1 aromatic heterocycles. The normalized spacial score (nSPS) is 10.6. The Kier molecular flexibility index (Phi) is 5.84. The maximum Gasteiger partial charge on any atom is 0.350 e. The van der Waals surface area contributed by atoms with Gasteiger partial charge < -0.3 is 4.74 Å². The molecule has 170 valence electrons. The first-order chi connectivity index (χ1) is 16.3. The number of ether oxygens (including phenoxy) is 1. The lowest BCUT2D eigenvalue weighted by Crippen LogP contribution is -2.24. The third-order valence-corrected chi connectivity index (χ3v) is 4.79. The van der Waals surface area contributed by atoms with Crippen LogP contribution in [0.5, 0.6) is 11.5 Å². The van der Waals surface area contributed by atoms with Gasteiger partial charge in [-0.05, 0) is 36.4 Å². The largest absolute Gasteiger partial charge is 0.447 e. The standard InChI is InChI=1S/C22H12F3N5O4/c23-16-2-1-3-17(24)15(16)11-28-12-27-29(22(28)31)14-5-7-20(18(25)9-14)34-21-6-4-13(10-26)8-19(21)30(32)33/h1-9,12H,11H2. The van der Waals surface area contributed by atoms with E-state index in [1.807, 2.05) is 0 Å². The van der Waals surface area contributed by atoms with Crippen LogP contribution in [0.15, 0.2) is 65.7 Å². The van der Waals surface area contributed by atoms with Gasteiger partial charge in [-0.15, -0.1) is 0 Å². The van der Waals surface area contributed by atoms with E-state index in [2.05, 4.69) is 5.10 Å². The molecule has 0 amide bonds. The smallest absolute Gasteiger partial charge is 0.350 e. The van der Waals surface area contributed by atoms with Crippen LogP contribution in [0.2, 0.25) is 0 Å². The Morgan fingerprint density at radius 1 is 1.03 bits per heavy atom. The summed E-state index contributed by atoms with van der Waals surface area (Å²) >= 11 is 0. The van der Waals surface area contributed by atoms with Gasteiger partial charge in [0.15, 0.2) is 11.6 Å². The van der Waals surface area contributed by atoms with Crippen LogP contribution >= 0.6 is 0 Å². The Bertz CT molecular complexity index is 1500. The van der Waals surface area contributed by atoms with Crippen molar-refractivity contribution in [2.45, 2.75) is 6.54 Å². The second-order valence-corrected chi connectivity index (χ2v) is 6.92. The van der Waals surface area contributed by atoms with E-state index < -0.39 is 40.3 Å². The number of rotatable bonds is 6. The molecule has 34 heavy (non-hydrogen) atoms. The van der Waals surface area contributed by atoms with Crippen LogP contribution in [-0.2, 0) is 6.54 Å². The molecular weight excluding hydrogens is 455 g/mol. The van der Waals surface area contributed by atoms with Crippen LogP contribution < -0.4 is 10.4 Å². The molecule has 4 rings (SSSR count). The number of nitriles is 1. The van der Waals surface area contributed by atoms with Crippen molar-refractivity contribution < 1.29 is 22.8 Å². The van der Waals surface area contributed by atoms with Crippen molar-refractivity contribution in [2.24, 2.45) is 0 Å². The van der Waals surface area contributed by atoms with Gasteiger partial charge in [-0.25, -0.2) is 18.0 Å². The summed E-state index contributed by atoms with van der Waals surface area (Å²) in [5, 5.41) is 24.0. The van der Waals surface area contributed by atoms with Crippen LogP contribution in [0.3, 0.4) is 0 Å². The van der Waals surface area contributed by atoms with E-state index in [4.69, 9.17) is 10.00 Å². The van der Waals surface area contributed by atoms with Crippen molar-refractivity contribution in [1.29, 1.82) is 5.26 Å². The SMILES string of the molecule is N#Cc1ccc(Oc2ccc(-n3ncn(Cc4c(F)cccc4F)c3=O)cc2F)c([N+](=O)[O-])c1.